The number of ether oxygens (including phenoxy) is 1. The van der Waals surface area contributed by atoms with Crippen molar-refractivity contribution in [2.45, 2.75) is 75.1 Å². The summed E-state index contributed by atoms with van der Waals surface area (Å²) < 4.78 is 5.46. The molecule has 8 heteroatoms. The van der Waals surface area contributed by atoms with Crippen LogP contribution in [0.1, 0.15) is 63.4 Å². The molecule has 2 rings (SSSR count). The lowest BCUT2D eigenvalue weighted by Crippen LogP contribution is -2.50. The van der Waals surface area contributed by atoms with Crippen molar-refractivity contribution in [3.8, 4) is 0 Å². The van der Waals surface area contributed by atoms with E-state index in [9.17, 15) is 19.5 Å². The van der Waals surface area contributed by atoms with Crippen LogP contribution in [0, 0.1) is 5.92 Å². The Labute approximate surface area is 225 Å². The number of thioether (sulfide) groups is 1. The highest BCUT2D eigenvalue weighted by Crippen LogP contribution is 2.29. The van der Waals surface area contributed by atoms with E-state index in [0.29, 0.717) is 25.0 Å². The van der Waals surface area contributed by atoms with Gasteiger partial charge in [0.15, 0.2) is 0 Å². The molecule has 0 aromatic heterocycles. The Morgan fingerprint density at radius 3 is 2.51 bits per heavy atom. The first kappa shape index (κ1) is 30.6. The minimum absolute atomic E-state index is 0.00478. The molecule has 2 amide bonds. The predicted octanol–water partition coefficient (Wildman–Crippen LogP) is 4.31. The largest absolute Gasteiger partial charge is 0.463 e. The van der Waals surface area contributed by atoms with Gasteiger partial charge in [0.25, 0.3) is 0 Å². The number of aliphatic hydroxyl groups is 1. The fourth-order valence-electron chi connectivity index (χ4n) is 4.43. The standard InChI is InChI=1S/C29H42N2O5S/c1-3-5-7-15-27(34)36-19-25(21-37-20-23-13-8-6-9-14-23)30-28(35)24(12-4-2)18-26(33)31-29(22-32)16-10-11-17-29/h3-4,6,8-9,13-14,24-25,32H,1-2,5,7,10-12,15-22H2,(H,30,35)(H,31,33). The molecule has 7 nitrogen and oxygen atoms in total. The maximum absolute atomic E-state index is 13.2. The van der Waals surface area contributed by atoms with Crippen molar-refractivity contribution >= 4 is 29.5 Å². The van der Waals surface area contributed by atoms with Crippen LogP contribution < -0.4 is 10.6 Å². The van der Waals surface area contributed by atoms with Gasteiger partial charge in [-0.2, -0.15) is 11.8 Å². The first-order valence-corrected chi connectivity index (χ1v) is 14.3. The molecule has 0 saturated heterocycles. The van der Waals surface area contributed by atoms with E-state index >= 15 is 0 Å². The number of amides is 2. The summed E-state index contributed by atoms with van der Waals surface area (Å²) in [5.74, 6) is -0.0978. The average Bonchev–Trinajstić information content (AvgIpc) is 3.36. The summed E-state index contributed by atoms with van der Waals surface area (Å²) in [5.41, 5.74) is 0.591. The number of carbonyl (C=O) groups excluding carboxylic acids is 3. The molecule has 1 fully saturated rings. The molecule has 204 valence electrons. The number of benzene rings is 1. The molecule has 0 heterocycles. The molecule has 3 N–H and O–H groups in total. The van der Waals surface area contributed by atoms with Crippen LogP contribution in [-0.2, 0) is 24.9 Å². The molecule has 1 aliphatic rings. The van der Waals surface area contributed by atoms with Crippen molar-refractivity contribution in [2.24, 2.45) is 5.92 Å². The van der Waals surface area contributed by atoms with Crippen LogP contribution in [0.5, 0.6) is 0 Å². The quantitative estimate of drug-likeness (QED) is 0.148. The van der Waals surface area contributed by atoms with Gasteiger partial charge in [0.05, 0.1) is 24.1 Å². The zero-order valence-electron chi connectivity index (χ0n) is 21.8. The van der Waals surface area contributed by atoms with Gasteiger partial charge in [-0.3, -0.25) is 14.4 Å². The van der Waals surface area contributed by atoms with Gasteiger partial charge >= 0.3 is 5.97 Å². The molecule has 1 saturated carbocycles. The van der Waals surface area contributed by atoms with E-state index in [1.807, 2.05) is 30.3 Å². The van der Waals surface area contributed by atoms with Crippen LogP contribution in [-0.4, -0.2) is 53.4 Å². The number of allylic oxidation sites excluding steroid dienone is 2. The highest BCUT2D eigenvalue weighted by molar-refractivity contribution is 7.98. The molecular formula is C29H42N2O5S. The van der Waals surface area contributed by atoms with Crippen molar-refractivity contribution in [2.75, 3.05) is 19.0 Å². The van der Waals surface area contributed by atoms with Crippen LogP contribution >= 0.6 is 11.8 Å². The maximum Gasteiger partial charge on any atom is 0.305 e. The van der Waals surface area contributed by atoms with Gasteiger partial charge in [-0.15, -0.1) is 13.2 Å². The lowest BCUT2D eigenvalue weighted by atomic mass is 9.95. The van der Waals surface area contributed by atoms with Gasteiger partial charge in [-0.25, -0.2) is 0 Å². The van der Waals surface area contributed by atoms with Gasteiger partial charge in [-0.1, -0.05) is 55.3 Å². The van der Waals surface area contributed by atoms with E-state index in [4.69, 9.17) is 4.74 Å². The van der Waals surface area contributed by atoms with E-state index in [0.717, 1.165) is 37.9 Å². The Morgan fingerprint density at radius 1 is 1.14 bits per heavy atom. The molecule has 1 aromatic rings. The van der Waals surface area contributed by atoms with Crippen molar-refractivity contribution in [1.82, 2.24) is 10.6 Å². The van der Waals surface area contributed by atoms with Crippen LogP contribution in [0.25, 0.3) is 0 Å². The van der Waals surface area contributed by atoms with Crippen molar-refractivity contribution < 1.29 is 24.2 Å². The summed E-state index contributed by atoms with van der Waals surface area (Å²) in [6.45, 7) is 7.38. The zero-order valence-corrected chi connectivity index (χ0v) is 22.6. The van der Waals surface area contributed by atoms with E-state index in [1.165, 1.54) is 5.56 Å². The van der Waals surface area contributed by atoms with Gasteiger partial charge in [0.2, 0.25) is 11.8 Å². The van der Waals surface area contributed by atoms with Gasteiger partial charge in [0, 0.05) is 24.3 Å². The molecule has 2 unspecified atom stereocenters. The van der Waals surface area contributed by atoms with E-state index < -0.39 is 17.5 Å². The van der Waals surface area contributed by atoms with E-state index in [1.54, 1.807) is 23.9 Å². The third-order valence-corrected chi connectivity index (χ3v) is 7.71. The Morgan fingerprint density at radius 2 is 1.86 bits per heavy atom. The summed E-state index contributed by atoms with van der Waals surface area (Å²) >= 11 is 1.65. The monoisotopic (exact) mass is 530 g/mol. The summed E-state index contributed by atoms with van der Waals surface area (Å²) in [6, 6.07) is 9.63. The maximum atomic E-state index is 13.2. The Hall–Kier alpha value is -2.58. The number of rotatable bonds is 18. The number of hydrogen-bond donors (Lipinski definition) is 3. The van der Waals surface area contributed by atoms with Gasteiger partial charge < -0.3 is 20.5 Å². The summed E-state index contributed by atoms with van der Waals surface area (Å²) in [5, 5.41) is 15.8. The van der Waals surface area contributed by atoms with Crippen LogP contribution in [0.2, 0.25) is 0 Å². The van der Waals surface area contributed by atoms with Crippen LogP contribution in [0.15, 0.2) is 55.6 Å². The Kier molecular flexibility index (Phi) is 14.1. The van der Waals surface area contributed by atoms with Crippen molar-refractivity contribution in [1.29, 1.82) is 0 Å². The Balaban J connectivity index is 1.96. The molecule has 37 heavy (non-hydrogen) atoms. The second kappa shape index (κ2) is 17.0. The van der Waals surface area contributed by atoms with Gasteiger partial charge in [0.1, 0.15) is 6.61 Å². The third-order valence-electron chi connectivity index (χ3n) is 6.53. The first-order valence-electron chi connectivity index (χ1n) is 13.1. The zero-order chi connectivity index (χ0) is 26.9. The number of esters is 1. The topological polar surface area (TPSA) is 105 Å². The summed E-state index contributed by atoms with van der Waals surface area (Å²) in [4.78, 5) is 38.1. The number of carbonyl (C=O) groups is 3. The normalized spacial score (nSPS) is 15.8. The molecule has 0 radical (unpaired) electrons. The fraction of sp³-hybridized carbons (Fsp3) is 0.552. The van der Waals surface area contributed by atoms with Crippen LogP contribution in [0.3, 0.4) is 0 Å². The Bertz CT molecular complexity index is 870. The van der Waals surface area contributed by atoms with E-state index in [-0.39, 0.29) is 37.4 Å². The minimum Gasteiger partial charge on any atom is -0.463 e. The SMILES string of the molecule is C=CCCCC(=O)OCC(CSCc1ccccc1)NC(=O)C(CC=C)CC(=O)NC1(CO)CCCC1. The fourth-order valence-corrected chi connectivity index (χ4v) is 5.44. The predicted molar refractivity (Wildman–Crippen MR) is 149 cm³/mol. The molecule has 0 bridgehead atoms. The molecule has 0 aliphatic heterocycles. The highest BCUT2D eigenvalue weighted by atomic mass is 32.2. The van der Waals surface area contributed by atoms with E-state index in [2.05, 4.69) is 23.8 Å². The highest BCUT2D eigenvalue weighted by Gasteiger charge is 2.35. The number of nitrogens with one attached hydrogen (secondary N) is 2. The average molecular weight is 531 g/mol. The second-order valence-electron chi connectivity index (χ2n) is 9.69. The molecular weight excluding hydrogens is 488 g/mol. The number of hydrogen-bond acceptors (Lipinski definition) is 6. The molecule has 0 spiro atoms. The lowest BCUT2D eigenvalue weighted by Gasteiger charge is -2.29. The smallest absolute Gasteiger partial charge is 0.305 e. The minimum atomic E-state index is -0.598. The second-order valence-corrected chi connectivity index (χ2v) is 10.7. The van der Waals surface area contributed by atoms with Crippen LogP contribution in [0.4, 0.5) is 0 Å². The molecule has 2 atom stereocenters. The third kappa shape index (κ3) is 11.6. The van der Waals surface area contributed by atoms with Crippen molar-refractivity contribution in [3.05, 3.63) is 61.2 Å². The molecule has 1 aromatic carbocycles. The number of aliphatic hydroxyl groups excluding tert-OH is 1. The number of unbranched alkanes of at least 4 members (excludes halogenated alkanes) is 1. The van der Waals surface area contributed by atoms with Crippen molar-refractivity contribution in [3.63, 3.8) is 0 Å². The molecule has 1 aliphatic carbocycles. The summed E-state index contributed by atoms with van der Waals surface area (Å²) in [7, 11) is 0. The lowest BCUT2D eigenvalue weighted by molar-refractivity contribution is -0.145. The first-order chi connectivity index (χ1) is 17.9. The summed E-state index contributed by atoms with van der Waals surface area (Å²) in [6.07, 6.45) is 8.88. The van der Waals surface area contributed by atoms with Gasteiger partial charge in [-0.05, 0) is 37.7 Å².